The lowest BCUT2D eigenvalue weighted by molar-refractivity contribution is -0.133. The summed E-state index contributed by atoms with van der Waals surface area (Å²) in [6.45, 7) is 5.31. The Balaban J connectivity index is 1.95. The molecule has 1 N–H and O–H groups in total. The van der Waals surface area contributed by atoms with Crippen molar-refractivity contribution in [3.8, 4) is 0 Å². The number of methoxy groups -OCH3 is 1. The number of nitrogens with zero attached hydrogens (tertiary/aromatic N) is 1. The van der Waals surface area contributed by atoms with Crippen LogP contribution in [0.15, 0.2) is 12.7 Å². The Kier molecular flexibility index (Phi) is 5.39. The molecule has 1 unspecified atom stereocenters. The van der Waals surface area contributed by atoms with Crippen LogP contribution in [0.2, 0.25) is 0 Å². The molecule has 21 heavy (non-hydrogen) atoms. The zero-order valence-corrected chi connectivity index (χ0v) is 12.9. The summed E-state index contributed by atoms with van der Waals surface area (Å²) in [5.41, 5.74) is -0.198. The Morgan fingerprint density at radius 2 is 2.10 bits per heavy atom. The van der Waals surface area contributed by atoms with Gasteiger partial charge in [-0.2, -0.15) is 0 Å². The summed E-state index contributed by atoms with van der Waals surface area (Å²) in [7, 11) is 1.68. The average Bonchev–Trinajstić information content (AvgIpc) is 2.95. The summed E-state index contributed by atoms with van der Waals surface area (Å²) in [4.78, 5) is 26.0. The molecule has 1 atom stereocenters. The highest BCUT2D eigenvalue weighted by Crippen LogP contribution is 2.30. The Morgan fingerprint density at radius 1 is 1.38 bits per heavy atom. The van der Waals surface area contributed by atoms with Gasteiger partial charge in [0.2, 0.25) is 11.8 Å². The second-order valence-electron chi connectivity index (χ2n) is 6.24. The minimum absolute atomic E-state index is 0.0653. The average molecular weight is 294 g/mol. The van der Waals surface area contributed by atoms with Crippen LogP contribution in [-0.2, 0) is 14.3 Å². The quantitative estimate of drug-likeness (QED) is 0.782. The number of likely N-dealkylation sites (tertiary alicyclic amines) is 1. The lowest BCUT2D eigenvalue weighted by Crippen LogP contribution is -2.54. The predicted molar refractivity (Wildman–Crippen MR) is 80.7 cm³/mol. The Morgan fingerprint density at radius 3 is 2.71 bits per heavy atom. The van der Waals surface area contributed by atoms with Crippen molar-refractivity contribution in [2.45, 2.75) is 44.1 Å². The Hall–Kier alpha value is -1.36. The van der Waals surface area contributed by atoms with E-state index in [-0.39, 0.29) is 23.3 Å². The number of ether oxygens (including phenoxy) is 1. The summed E-state index contributed by atoms with van der Waals surface area (Å²) < 4.78 is 5.30. The molecular weight excluding hydrogens is 268 g/mol. The van der Waals surface area contributed by atoms with Gasteiger partial charge in [0.05, 0.1) is 18.1 Å². The van der Waals surface area contributed by atoms with Crippen molar-refractivity contribution < 1.29 is 14.3 Å². The first kappa shape index (κ1) is 16.0. The van der Waals surface area contributed by atoms with Crippen molar-refractivity contribution in [3.63, 3.8) is 0 Å². The van der Waals surface area contributed by atoms with Crippen molar-refractivity contribution in [1.29, 1.82) is 0 Å². The molecule has 5 heteroatoms. The molecule has 0 bridgehead atoms. The van der Waals surface area contributed by atoms with E-state index in [1.807, 2.05) is 0 Å². The number of nitrogens with one attached hydrogen (secondary N) is 1. The van der Waals surface area contributed by atoms with Crippen molar-refractivity contribution in [1.82, 2.24) is 10.2 Å². The van der Waals surface area contributed by atoms with Crippen LogP contribution in [0.1, 0.15) is 38.5 Å². The molecule has 2 fully saturated rings. The lowest BCUT2D eigenvalue weighted by Gasteiger charge is -2.35. The molecule has 0 aromatic heterocycles. The van der Waals surface area contributed by atoms with Gasteiger partial charge in [-0.25, -0.2) is 0 Å². The van der Waals surface area contributed by atoms with Gasteiger partial charge in [-0.15, -0.1) is 0 Å². The van der Waals surface area contributed by atoms with Crippen LogP contribution in [0.25, 0.3) is 0 Å². The molecule has 1 aliphatic heterocycles. The Bertz CT molecular complexity index is 402. The molecule has 0 aromatic rings. The third-order valence-corrected chi connectivity index (χ3v) is 4.65. The van der Waals surface area contributed by atoms with E-state index in [0.717, 1.165) is 45.1 Å². The molecule has 1 aliphatic carbocycles. The van der Waals surface area contributed by atoms with E-state index in [1.165, 1.54) is 6.08 Å². The minimum atomic E-state index is -0.198. The maximum Gasteiger partial charge on any atom is 0.245 e. The first-order chi connectivity index (χ1) is 10.1. The number of piperidine rings is 1. The van der Waals surface area contributed by atoms with Gasteiger partial charge >= 0.3 is 0 Å². The molecule has 2 aliphatic rings. The molecule has 1 saturated heterocycles. The third kappa shape index (κ3) is 3.84. The first-order valence-corrected chi connectivity index (χ1v) is 7.82. The van der Waals surface area contributed by atoms with Crippen LogP contribution in [0, 0.1) is 5.92 Å². The summed E-state index contributed by atoms with van der Waals surface area (Å²) in [6, 6.07) is 0. The van der Waals surface area contributed by atoms with E-state index in [0.29, 0.717) is 13.2 Å². The van der Waals surface area contributed by atoms with Crippen LogP contribution in [0.5, 0.6) is 0 Å². The minimum Gasteiger partial charge on any atom is -0.382 e. The summed E-state index contributed by atoms with van der Waals surface area (Å²) >= 11 is 0. The van der Waals surface area contributed by atoms with Gasteiger partial charge in [0.15, 0.2) is 0 Å². The van der Waals surface area contributed by atoms with E-state index in [2.05, 4.69) is 11.9 Å². The number of carbonyl (C=O) groups excluding carboxylic acids is 2. The van der Waals surface area contributed by atoms with Gasteiger partial charge in [-0.1, -0.05) is 19.4 Å². The second-order valence-corrected chi connectivity index (χ2v) is 6.24. The van der Waals surface area contributed by atoms with E-state index in [9.17, 15) is 9.59 Å². The highest BCUT2D eigenvalue weighted by molar-refractivity contribution is 5.88. The zero-order chi connectivity index (χ0) is 15.3. The maximum absolute atomic E-state index is 12.6. The van der Waals surface area contributed by atoms with E-state index < -0.39 is 0 Å². The van der Waals surface area contributed by atoms with Crippen molar-refractivity contribution in [3.05, 3.63) is 12.7 Å². The largest absolute Gasteiger partial charge is 0.382 e. The number of hydrogen-bond acceptors (Lipinski definition) is 3. The second kappa shape index (κ2) is 7.07. The van der Waals surface area contributed by atoms with Gasteiger partial charge in [0.1, 0.15) is 0 Å². The topological polar surface area (TPSA) is 58.6 Å². The molecule has 2 rings (SSSR count). The predicted octanol–water partition coefficient (Wildman–Crippen LogP) is 1.49. The van der Waals surface area contributed by atoms with Crippen molar-refractivity contribution in [2.24, 2.45) is 5.92 Å². The van der Waals surface area contributed by atoms with Crippen LogP contribution in [0.4, 0.5) is 0 Å². The summed E-state index contributed by atoms with van der Waals surface area (Å²) in [5.74, 6) is -0.132. The van der Waals surface area contributed by atoms with Crippen LogP contribution in [0.3, 0.4) is 0 Å². The number of hydrogen-bond donors (Lipinski definition) is 1. The van der Waals surface area contributed by atoms with Gasteiger partial charge in [0, 0.05) is 20.2 Å². The zero-order valence-electron chi connectivity index (χ0n) is 12.9. The fraction of sp³-hybridized carbons (Fsp3) is 0.750. The van der Waals surface area contributed by atoms with Crippen LogP contribution < -0.4 is 5.32 Å². The maximum atomic E-state index is 12.6. The van der Waals surface area contributed by atoms with E-state index in [1.54, 1.807) is 12.0 Å². The van der Waals surface area contributed by atoms with Gasteiger partial charge in [-0.05, 0) is 31.8 Å². The summed E-state index contributed by atoms with van der Waals surface area (Å²) in [6.07, 6.45) is 7.27. The van der Waals surface area contributed by atoms with Crippen LogP contribution >= 0.6 is 0 Å². The highest BCUT2D eigenvalue weighted by atomic mass is 16.5. The molecule has 1 heterocycles. The molecular formula is C16H26N2O3. The summed E-state index contributed by atoms with van der Waals surface area (Å²) in [5, 5.41) is 3.21. The molecule has 0 aromatic carbocycles. The standard InChI is InChI=1S/C16H26N2O3/c1-3-14(19)18-10-6-7-13(11-18)15(20)17-16(12-21-2)8-4-5-9-16/h3,13H,1,4-12H2,2H3,(H,17,20). The fourth-order valence-electron chi connectivity index (χ4n) is 3.52. The van der Waals surface area contributed by atoms with Gasteiger partial charge in [-0.3, -0.25) is 9.59 Å². The molecule has 0 spiro atoms. The number of rotatable bonds is 5. The third-order valence-electron chi connectivity index (χ3n) is 4.65. The monoisotopic (exact) mass is 294 g/mol. The van der Waals surface area contributed by atoms with Crippen LogP contribution in [-0.4, -0.2) is 49.1 Å². The molecule has 2 amide bonds. The normalized spacial score (nSPS) is 24.6. The molecule has 5 nitrogen and oxygen atoms in total. The SMILES string of the molecule is C=CC(=O)N1CCCC(C(=O)NC2(COC)CCCC2)C1. The van der Waals surface area contributed by atoms with E-state index in [4.69, 9.17) is 4.74 Å². The van der Waals surface area contributed by atoms with Crippen molar-refractivity contribution in [2.75, 3.05) is 26.8 Å². The highest BCUT2D eigenvalue weighted by Gasteiger charge is 2.38. The molecule has 1 saturated carbocycles. The lowest BCUT2D eigenvalue weighted by atomic mass is 9.93. The molecule has 118 valence electrons. The van der Waals surface area contributed by atoms with Gasteiger partial charge < -0.3 is 15.0 Å². The van der Waals surface area contributed by atoms with Gasteiger partial charge in [0.25, 0.3) is 0 Å². The number of amides is 2. The number of carbonyl (C=O) groups is 2. The van der Waals surface area contributed by atoms with Crippen molar-refractivity contribution >= 4 is 11.8 Å². The van der Waals surface area contributed by atoms with E-state index >= 15 is 0 Å². The molecule has 0 radical (unpaired) electrons. The smallest absolute Gasteiger partial charge is 0.245 e. The Labute approximate surface area is 126 Å². The first-order valence-electron chi connectivity index (χ1n) is 7.82. The fourth-order valence-corrected chi connectivity index (χ4v) is 3.52.